The molecule has 3 fully saturated rings. The van der Waals surface area contributed by atoms with Crippen LogP contribution in [-0.2, 0) is 11.3 Å². The van der Waals surface area contributed by atoms with Gasteiger partial charge in [0.1, 0.15) is 17.3 Å². The lowest BCUT2D eigenvalue weighted by molar-refractivity contribution is -0.128. The molecule has 6 rings (SSSR count). The van der Waals surface area contributed by atoms with Crippen molar-refractivity contribution in [2.24, 2.45) is 11.3 Å². The Hall–Kier alpha value is -3.85. The molecule has 2 aromatic carbocycles. The summed E-state index contributed by atoms with van der Waals surface area (Å²) in [6, 6.07) is 14.2. The molecular weight excluding hydrogens is 521 g/mol. The molecule has 2 amide bonds. The quantitative estimate of drug-likeness (QED) is 0.403. The standard InChI is InChI=1S/C32H36FN5O3/c1-19(2)27-8-9-28(37-36-27)21-4-6-24(7-5-21)41-29-12-25(31(40)35-23-13-32(14-23)17-34-18-32)26(33)11-22(29)16-38-15-20(3)10-30(38)39/h4-9,11-12,19-20,23,34H,10,13-18H2,1-3H3,(H,35,40)/t20-/m0/s1. The van der Waals surface area contributed by atoms with Crippen LogP contribution in [0.2, 0.25) is 0 Å². The first kappa shape index (κ1) is 27.3. The smallest absolute Gasteiger partial charge is 0.254 e. The second-order valence-electron chi connectivity index (χ2n) is 12.3. The third-order valence-electron chi connectivity index (χ3n) is 8.51. The predicted octanol–water partition coefficient (Wildman–Crippen LogP) is 5.05. The van der Waals surface area contributed by atoms with Gasteiger partial charge in [-0.2, -0.15) is 10.2 Å². The Labute approximate surface area is 239 Å². The molecule has 0 unspecified atom stereocenters. The van der Waals surface area contributed by atoms with Crippen molar-refractivity contribution in [1.82, 2.24) is 25.7 Å². The minimum atomic E-state index is -0.623. The van der Waals surface area contributed by atoms with E-state index in [1.54, 1.807) is 4.90 Å². The number of amides is 2. The molecular formula is C32H36FN5O3. The van der Waals surface area contributed by atoms with Gasteiger partial charge in [0.25, 0.3) is 5.91 Å². The molecule has 1 aliphatic carbocycles. The zero-order valence-corrected chi connectivity index (χ0v) is 23.7. The van der Waals surface area contributed by atoms with E-state index >= 15 is 4.39 Å². The number of hydrogen-bond donors (Lipinski definition) is 2. The molecule has 2 saturated heterocycles. The van der Waals surface area contributed by atoms with Gasteiger partial charge in [0.2, 0.25) is 5.91 Å². The topological polar surface area (TPSA) is 96.5 Å². The summed E-state index contributed by atoms with van der Waals surface area (Å²) in [5, 5.41) is 14.9. The number of ether oxygens (including phenoxy) is 1. The monoisotopic (exact) mass is 557 g/mol. The van der Waals surface area contributed by atoms with E-state index in [9.17, 15) is 9.59 Å². The number of nitrogens with zero attached hydrogens (tertiary/aromatic N) is 3. The van der Waals surface area contributed by atoms with Gasteiger partial charge >= 0.3 is 0 Å². The average molecular weight is 558 g/mol. The first-order valence-electron chi connectivity index (χ1n) is 14.4. The van der Waals surface area contributed by atoms with Gasteiger partial charge in [-0.3, -0.25) is 9.59 Å². The van der Waals surface area contributed by atoms with Gasteiger partial charge in [0, 0.05) is 49.8 Å². The molecule has 1 saturated carbocycles. The van der Waals surface area contributed by atoms with E-state index in [1.165, 1.54) is 12.1 Å². The molecule has 1 aromatic heterocycles. The number of hydrogen-bond acceptors (Lipinski definition) is 6. The second-order valence-corrected chi connectivity index (χ2v) is 12.3. The molecule has 9 heteroatoms. The zero-order chi connectivity index (χ0) is 28.7. The fraction of sp³-hybridized carbons (Fsp3) is 0.438. The number of halogens is 1. The summed E-state index contributed by atoms with van der Waals surface area (Å²) in [5.74, 6) is 0.380. The van der Waals surface area contributed by atoms with Crippen molar-refractivity contribution in [3.63, 3.8) is 0 Å². The fourth-order valence-electron chi connectivity index (χ4n) is 6.06. The van der Waals surface area contributed by atoms with Crippen LogP contribution in [0.4, 0.5) is 4.39 Å². The van der Waals surface area contributed by atoms with Gasteiger partial charge in [0.15, 0.2) is 0 Å². The van der Waals surface area contributed by atoms with Gasteiger partial charge < -0.3 is 20.3 Å². The zero-order valence-electron chi connectivity index (χ0n) is 23.7. The highest BCUT2D eigenvalue weighted by atomic mass is 19.1. The van der Waals surface area contributed by atoms with E-state index in [0.29, 0.717) is 41.4 Å². The van der Waals surface area contributed by atoms with E-state index in [1.807, 2.05) is 43.3 Å². The molecule has 3 aromatic rings. The maximum atomic E-state index is 15.3. The maximum absolute atomic E-state index is 15.3. The van der Waals surface area contributed by atoms with Crippen molar-refractivity contribution in [2.75, 3.05) is 19.6 Å². The molecule has 1 atom stereocenters. The Kier molecular flexibility index (Phi) is 7.23. The van der Waals surface area contributed by atoms with Crippen LogP contribution in [0.1, 0.15) is 67.6 Å². The van der Waals surface area contributed by atoms with E-state index < -0.39 is 11.7 Å². The predicted molar refractivity (Wildman–Crippen MR) is 153 cm³/mol. The second kappa shape index (κ2) is 10.9. The summed E-state index contributed by atoms with van der Waals surface area (Å²) < 4.78 is 21.6. The van der Waals surface area contributed by atoms with E-state index in [4.69, 9.17) is 4.74 Å². The Morgan fingerprint density at radius 1 is 1.15 bits per heavy atom. The first-order chi connectivity index (χ1) is 19.7. The third kappa shape index (κ3) is 5.68. The van der Waals surface area contributed by atoms with Crippen molar-refractivity contribution in [2.45, 2.75) is 58.5 Å². The van der Waals surface area contributed by atoms with Crippen LogP contribution in [0.25, 0.3) is 11.3 Å². The largest absolute Gasteiger partial charge is 0.457 e. The van der Waals surface area contributed by atoms with Crippen LogP contribution in [0.5, 0.6) is 11.5 Å². The van der Waals surface area contributed by atoms with Crippen molar-refractivity contribution in [3.8, 4) is 22.8 Å². The minimum absolute atomic E-state index is 0.0315. The number of nitrogens with one attached hydrogen (secondary N) is 2. The van der Waals surface area contributed by atoms with Gasteiger partial charge in [0.05, 0.1) is 17.0 Å². The van der Waals surface area contributed by atoms with E-state index in [-0.39, 0.29) is 30.0 Å². The molecule has 214 valence electrons. The van der Waals surface area contributed by atoms with Crippen molar-refractivity contribution >= 4 is 11.8 Å². The van der Waals surface area contributed by atoms with Gasteiger partial charge in [-0.15, -0.1) is 0 Å². The highest BCUT2D eigenvalue weighted by Crippen LogP contribution is 2.44. The van der Waals surface area contributed by atoms with Crippen molar-refractivity contribution in [1.29, 1.82) is 0 Å². The summed E-state index contributed by atoms with van der Waals surface area (Å²) >= 11 is 0. The number of likely N-dealkylation sites (tertiary alicyclic amines) is 1. The normalized spacial score (nSPS) is 19.8. The number of rotatable bonds is 8. The summed E-state index contributed by atoms with van der Waals surface area (Å²) in [6.45, 7) is 8.94. The Morgan fingerprint density at radius 3 is 2.49 bits per heavy atom. The summed E-state index contributed by atoms with van der Waals surface area (Å²) in [6.07, 6.45) is 2.28. The Balaban J connectivity index is 1.23. The van der Waals surface area contributed by atoms with Crippen LogP contribution in [0.15, 0.2) is 48.5 Å². The minimum Gasteiger partial charge on any atom is -0.457 e. The molecule has 0 radical (unpaired) electrons. The molecule has 0 bridgehead atoms. The Morgan fingerprint density at radius 2 is 1.90 bits per heavy atom. The number of carbonyl (C=O) groups excluding carboxylic acids is 2. The van der Waals surface area contributed by atoms with Crippen LogP contribution >= 0.6 is 0 Å². The Bertz CT molecular complexity index is 1450. The van der Waals surface area contributed by atoms with Crippen LogP contribution in [0, 0.1) is 17.2 Å². The highest BCUT2D eigenvalue weighted by molar-refractivity contribution is 5.95. The van der Waals surface area contributed by atoms with Gasteiger partial charge in [-0.1, -0.05) is 20.8 Å². The molecule has 41 heavy (non-hydrogen) atoms. The van der Waals surface area contributed by atoms with E-state index in [2.05, 4.69) is 34.7 Å². The SMILES string of the molecule is CC(C)c1ccc(-c2ccc(Oc3cc(C(=O)NC4CC5(CNC5)C4)c(F)cc3CN3C[C@@H](C)CC3=O)cc2)nn1. The molecule has 3 aliphatic rings. The van der Waals surface area contributed by atoms with Crippen LogP contribution in [-0.4, -0.2) is 52.6 Å². The molecule has 1 spiro atoms. The number of benzene rings is 2. The van der Waals surface area contributed by atoms with E-state index in [0.717, 1.165) is 42.9 Å². The highest BCUT2D eigenvalue weighted by Gasteiger charge is 2.48. The summed E-state index contributed by atoms with van der Waals surface area (Å²) in [5.41, 5.74) is 3.32. The number of aromatic nitrogens is 2. The summed E-state index contributed by atoms with van der Waals surface area (Å²) in [4.78, 5) is 27.3. The lowest BCUT2D eigenvalue weighted by atomic mass is 9.61. The van der Waals surface area contributed by atoms with Crippen LogP contribution < -0.4 is 15.4 Å². The molecule has 2 aliphatic heterocycles. The fourth-order valence-corrected chi connectivity index (χ4v) is 6.06. The van der Waals surface area contributed by atoms with Crippen LogP contribution in [0.3, 0.4) is 0 Å². The van der Waals surface area contributed by atoms with Gasteiger partial charge in [-0.05, 0) is 78.6 Å². The van der Waals surface area contributed by atoms with Crippen molar-refractivity contribution < 1.29 is 18.7 Å². The molecule has 8 nitrogen and oxygen atoms in total. The summed E-state index contributed by atoms with van der Waals surface area (Å²) in [7, 11) is 0. The molecule has 2 N–H and O–H groups in total. The average Bonchev–Trinajstić information content (AvgIpc) is 3.22. The van der Waals surface area contributed by atoms with Crippen molar-refractivity contribution in [3.05, 3.63) is 71.2 Å². The lowest BCUT2D eigenvalue weighted by Crippen LogP contribution is -2.65. The molecule has 3 heterocycles. The first-order valence-corrected chi connectivity index (χ1v) is 14.4. The number of carbonyl (C=O) groups is 2. The maximum Gasteiger partial charge on any atom is 0.254 e. The third-order valence-corrected chi connectivity index (χ3v) is 8.51. The van der Waals surface area contributed by atoms with Gasteiger partial charge in [-0.25, -0.2) is 4.39 Å². The lowest BCUT2D eigenvalue weighted by Gasteiger charge is -2.54.